The van der Waals surface area contributed by atoms with Crippen LogP contribution in [0.25, 0.3) is 0 Å². The summed E-state index contributed by atoms with van der Waals surface area (Å²) in [5, 5.41) is 0. The van der Waals surface area contributed by atoms with Crippen LogP contribution in [0, 0.1) is 13.8 Å². The first-order valence-electron chi connectivity index (χ1n) is 5.76. The Kier molecular flexibility index (Phi) is 2.17. The summed E-state index contributed by atoms with van der Waals surface area (Å²) in [6.07, 6.45) is 0. The smallest absolute Gasteiger partial charge is 0.196 e. The first kappa shape index (κ1) is 10.8. The van der Waals surface area contributed by atoms with Crippen LogP contribution < -0.4 is 0 Å². The Balaban J connectivity index is 2.37. The third kappa shape index (κ3) is 1.34. The highest BCUT2D eigenvalue weighted by atomic mass is 16.1. The lowest BCUT2D eigenvalue weighted by molar-refractivity contribution is 0.0978. The highest BCUT2D eigenvalue weighted by Gasteiger charge is 2.31. The molecule has 0 radical (unpaired) electrons. The molecule has 0 fully saturated rings. The molecular formula is C15H11NO2. The van der Waals surface area contributed by atoms with Crippen molar-refractivity contribution >= 4 is 11.6 Å². The van der Waals surface area contributed by atoms with Gasteiger partial charge in [0, 0.05) is 28.1 Å². The summed E-state index contributed by atoms with van der Waals surface area (Å²) in [5.41, 5.74) is 3.27. The number of ketones is 2. The molecule has 1 aromatic heterocycles. The average Bonchev–Trinajstić information content (AvgIpc) is 2.35. The molecule has 88 valence electrons. The fourth-order valence-electron chi connectivity index (χ4n) is 2.45. The van der Waals surface area contributed by atoms with Crippen LogP contribution in [0.1, 0.15) is 43.2 Å². The van der Waals surface area contributed by atoms with E-state index in [4.69, 9.17) is 0 Å². The quantitative estimate of drug-likeness (QED) is 0.603. The van der Waals surface area contributed by atoms with E-state index < -0.39 is 0 Å². The van der Waals surface area contributed by atoms with Gasteiger partial charge in [0.15, 0.2) is 11.6 Å². The number of rotatable bonds is 0. The van der Waals surface area contributed by atoms with Crippen molar-refractivity contribution in [1.29, 1.82) is 0 Å². The third-order valence-corrected chi connectivity index (χ3v) is 3.22. The number of fused-ring (bicyclic) bond motifs is 2. The van der Waals surface area contributed by atoms with Crippen molar-refractivity contribution in [3.63, 3.8) is 0 Å². The van der Waals surface area contributed by atoms with E-state index in [0.29, 0.717) is 27.9 Å². The van der Waals surface area contributed by atoms with Gasteiger partial charge in [0.1, 0.15) is 0 Å². The van der Waals surface area contributed by atoms with Crippen LogP contribution in [-0.2, 0) is 0 Å². The van der Waals surface area contributed by atoms with E-state index >= 15 is 0 Å². The molecule has 0 saturated carbocycles. The van der Waals surface area contributed by atoms with Crippen molar-refractivity contribution in [2.45, 2.75) is 13.8 Å². The van der Waals surface area contributed by atoms with Crippen molar-refractivity contribution in [1.82, 2.24) is 4.98 Å². The van der Waals surface area contributed by atoms with Gasteiger partial charge in [-0.25, -0.2) is 0 Å². The Morgan fingerprint density at radius 2 is 1.50 bits per heavy atom. The first-order valence-corrected chi connectivity index (χ1v) is 5.76. The van der Waals surface area contributed by atoms with E-state index in [-0.39, 0.29) is 11.6 Å². The fourth-order valence-corrected chi connectivity index (χ4v) is 2.45. The summed E-state index contributed by atoms with van der Waals surface area (Å²) < 4.78 is 0. The van der Waals surface area contributed by atoms with Crippen LogP contribution in [0.2, 0.25) is 0 Å². The van der Waals surface area contributed by atoms with Gasteiger partial charge >= 0.3 is 0 Å². The number of benzene rings is 1. The molecule has 3 rings (SSSR count). The number of carbonyl (C=O) groups excluding carboxylic acids is 2. The second-order valence-corrected chi connectivity index (χ2v) is 4.48. The molecular weight excluding hydrogens is 226 g/mol. The van der Waals surface area contributed by atoms with Gasteiger partial charge in [-0.1, -0.05) is 24.3 Å². The van der Waals surface area contributed by atoms with E-state index in [9.17, 15) is 9.59 Å². The lowest BCUT2D eigenvalue weighted by atomic mass is 9.83. The Hall–Kier alpha value is -2.29. The van der Waals surface area contributed by atoms with Gasteiger partial charge < -0.3 is 0 Å². The zero-order valence-electron chi connectivity index (χ0n) is 10.2. The number of hydrogen-bond donors (Lipinski definition) is 0. The number of nitrogens with zero attached hydrogens (tertiary/aromatic N) is 1. The molecule has 1 aliphatic rings. The standard InChI is InChI=1S/C15H11NO2/c1-8-7-12-13(9(2)16-8)15(18)11-6-4-3-5-10(11)14(12)17/h3-7H,1-2H3. The van der Waals surface area contributed by atoms with Gasteiger partial charge in [-0.15, -0.1) is 0 Å². The fraction of sp³-hybridized carbons (Fsp3) is 0.133. The highest BCUT2D eigenvalue weighted by Crippen LogP contribution is 2.28. The van der Waals surface area contributed by atoms with E-state index in [0.717, 1.165) is 5.69 Å². The number of pyridine rings is 1. The van der Waals surface area contributed by atoms with Crippen molar-refractivity contribution in [2.24, 2.45) is 0 Å². The van der Waals surface area contributed by atoms with Gasteiger partial charge in [0.2, 0.25) is 0 Å². The molecule has 0 atom stereocenters. The summed E-state index contributed by atoms with van der Waals surface area (Å²) in [5.74, 6) is -0.195. The van der Waals surface area contributed by atoms with Crippen molar-refractivity contribution in [3.8, 4) is 0 Å². The molecule has 18 heavy (non-hydrogen) atoms. The first-order chi connectivity index (χ1) is 8.59. The lowest BCUT2D eigenvalue weighted by Gasteiger charge is -2.18. The largest absolute Gasteiger partial charge is 0.289 e. The van der Waals surface area contributed by atoms with Crippen LogP contribution >= 0.6 is 0 Å². The van der Waals surface area contributed by atoms with Gasteiger partial charge in [-0.3, -0.25) is 14.6 Å². The summed E-state index contributed by atoms with van der Waals surface area (Å²) in [6.45, 7) is 3.59. The molecule has 0 aliphatic heterocycles. The molecule has 1 aromatic carbocycles. The van der Waals surface area contributed by atoms with E-state index in [2.05, 4.69) is 4.98 Å². The molecule has 0 bridgehead atoms. The van der Waals surface area contributed by atoms with Crippen LogP contribution in [0.4, 0.5) is 0 Å². The van der Waals surface area contributed by atoms with Crippen LogP contribution in [0.15, 0.2) is 30.3 Å². The van der Waals surface area contributed by atoms with Gasteiger partial charge in [0.05, 0.1) is 5.56 Å². The maximum atomic E-state index is 12.4. The maximum absolute atomic E-state index is 12.4. The van der Waals surface area contributed by atoms with Gasteiger partial charge in [0.25, 0.3) is 0 Å². The molecule has 2 aromatic rings. The average molecular weight is 237 g/mol. The normalized spacial score (nSPS) is 13.2. The zero-order chi connectivity index (χ0) is 12.9. The van der Waals surface area contributed by atoms with Crippen molar-refractivity contribution < 1.29 is 9.59 Å². The number of carbonyl (C=O) groups is 2. The maximum Gasteiger partial charge on any atom is 0.196 e. The van der Waals surface area contributed by atoms with E-state index in [1.165, 1.54) is 0 Å². The number of aromatic nitrogens is 1. The Bertz CT molecular complexity index is 702. The predicted octanol–water partition coefficient (Wildman–Crippen LogP) is 2.47. The van der Waals surface area contributed by atoms with Gasteiger partial charge in [-0.2, -0.15) is 0 Å². The molecule has 0 spiro atoms. The van der Waals surface area contributed by atoms with Crippen LogP contribution in [0.5, 0.6) is 0 Å². The Morgan fingerprint density at radius 1 is 0.889 bits per heavy atom. The predicted molar refractivity (Wildman–Crippen MR) is 67.0 cm³/mol. The Labute approximate surface area is 104 Å². The SMILES string of the molecule is Cc1cc2c(c(C)n1)C(=O)c1ccccc1C2=O. The summed E-state index contributed by atoms with van der Waals surface area (Å²) >= 11 is 0. The minimum Gasteiger partial charge on any atom is -0.289 e. The van der Waals surface area contributed by atoms with E-state index in [1.807, 2.05) is 6.92 Å². The lowest BCUT2D eigenvalue weighted by Crippen LogP contribution is -2.22. The van der Waals surface area contributed by atoms with Crippen LogP contribution in [0.3, 0.4) is 0 Å². The monoisotopic (exact) mass is 237 g/mol. The second-order valence-electron chi connectivity index (χ2n) is 4.48. The van der Waals surface area contributed by atoms with Crippen molar-refractivity contribution in [2.75, 3.05) is 0 Å². The molecule has 1 aliphatic carbocycles. The minimum absolute atomic E-state index is 0.0891. The molecule has 3 heteroatoms. The molecule has 3 nitrogen and oxygen atoms in total. The van der Waals surface area contributed by atoms with Crippen molar-refractivity contribution in [3.05, 3.63) is 64.0 Å². The molecule has 0 saturated heterocycles. The summed E-state index contributed by atoms with van der Waals surface area (Å²) in [6, 6.07) is 8.63. The summed E-state index contributed by atoms with van der Waals surface area (Å²) in [7, 11) is 0. The highest BCUT2D eigenvalue weighted by molar-refractivity contribution is 6.28. The third-order valence-electron chi connectivity index (χ3n) is 3.22. The minimum atomic E-state index is -0.106. The zero-order valence-corrected chi connectivity index (χ0v) is 10.2. The molecule has 0 N–H and O–H groups in total. The number of hydrogen-bond acceptors (Lipinski definition) is 3. The topological polar surface area (TPSA) is 47.0 Å². The molecule has 1 heterocycles. The molecule has 0 amide bonds. The van der Waals surface area contributed by atoms with Gasteiger partial charge in [-0.05, 0) is 19.9 Å². The van der Waals surface area contributed by atoms with E-state index in [1.54, 1.807) is 37.3 Å². The van der Waals surface area contributed by atoms with Crippen LogP contribution in [-0.4, -0.2) is 16.6 Å². The number of aryl methyl sites for hydroxylation is 2. The summed E-state index contributed by atoms with van der Waals surface area (Å²) in [4.78, 5) is 29.0. The molecule has 0 unspecified atom stereocenters. The Morgan fingerprint density at radius 3 is 2.17 bits per heavy atom. The second kappa shape index (κ2) is 3.60.